The van der Waals surface area contributed by atoms with Crippen molar-refractivity contribution in [3.63, 3.8) is 0 Å². The predicted molar refractivity (Wildman–Crippen MR) is 118 cm³/mol. The molecule has 6 nitrogen and oxygen atoms in total. The van der Waals surface area contributed by atoms with Gasteiger partial charge in [-0.1, -0.05) is 30.3 Å². The Morgan fingerprint density at radius 1 is 1.10 bits per heavy atom. The third-order valence-corrected chi connectivity index (χ3v) is 7.43. The minimum atomic E-state index is -3.43. The maximum absolute atomic E-state index is 12.3. The number of nitrogens with zero attached hydrogens (tertiary/aromatic N) is 1. The molecule has 0 saturated carbocycles. The number of hydrogen-bond acceptors (Lipinski definition) is 6. The summed E-state index contributed by atoms with van der Waals surface area (Å²) >= 11 is 3.14. The van der Waals surface area contributed by atoms with Crippen molar-refractivity contribution < 1.29 is 13.2 Å². The summed E-state index contributed by atoms with van der Waals surface area (Å²) < 4.78 is 27.1. The lowest BCUT2D eigenvalue weighted by Gasteiger charge is -2.13. The zero-order valence-corrected chi connectivity index (χ0v) is 18.7. The van der Waals surface area contributed by atoms with Crippen LogP contribution in [0.3, 0.4) is 0 Å². The van der Waals surface area contributed by atoms with E-state index >= 15 is 0 Å². The van der Waals surface area contributed by atoms with E-state index in [0.29, 0.717) is 5.56 Å². The third-order valence-electron chi connectivity index (χ3n) is 3.98. The molecule has 2 heterocycles. The van der Waals surface area contributed by atoms with Crippen molar-refractivity contribution in [3.05, 3.63) is 64.0 Å². The van der Waals surface area contributed by atoms with E-state index in [2.05, 4.69) is 15.0 Å². The Balaban J connectivity index is 1.59. The summed E-state index contributed by atoms with van der Waals surface area (Å²) in [5.41, 5.74) is 2.19. The van der Waals surface area contributed by atoms with E-state index in [9.17, 15) is 13.2 Å². The average Bonchev–Trinajstić information content (AvgIpc) is 3.31. The van der Waals surface area contributed by atoms with E-state index in [-0.39, 0.29) is 30.7 Å². The molecule has 0 bridgehead atoms. The van der Waals surface area contributed by atoms with Crippen molar-refractivity contribution in [3.8, 4) is 9.88 Å². The lowest BCUT2D eigenvalue weighted by Crippen LogP contribution is -2.32. The number of sulfonamides is 1. The SMILES string of the molecule is CC(C)NS(=O)(=O)Cc1ccccc1CNC(=O)Cc1csc(-c2cccs2)n1. The van der Waals surface area contributed by atoms with Crippen molar-refractivity contribution in [1.29, 1.82) is 0 Å². The number of thiophene rings is 1. The topological polar surface area (TPSA) is 88.2 Å². The van der Waals surface area contributed by atoms with Crippen molar-refractivity contribution in [2.75, 3.05) is 0 Å². The molecule has 9 heteroatoms. The normalized spacial score (nSPS) is 11.7. The fraction of sp³-hybridized carbons (Fsp3) is 0.300. The van der Waals surface area contributed by atoms with Gasteiger partial charge in [-0.25, -0.2) is 18.1 Å². The van der Waals surface area contributed by atoms with Crippen LogP contribution in [-0.4, -0.2) is 25.4 Å². The van der Waals surface area contributed by atoms with Gasteiger partial charge in [0.15, 0.2) is 0 Å². The van der Waals surface area contributed by atoms with Crippen LogP contribution in [0.1, 0.15) is 30.7 Å². The summed E-state index contributed by atoms with van der Waals surface area (Å²) in [5, 5.41) is 7.68. The molecule has 3 aromatic rings. The van der Waals surface area contributed by atoms with Crippen molar-refractivity contribution >= 4 is 38.6 Å². The van der Waals surface area contributed by atoms with Gasteiger partial charge in [-0.15, -0.1) is 22.7 Å². The monoisotopic (exact) mass is 449 g/mol. The fourth-order valence-electron chi connectivity index (χ4n) is 2.80. The quantitative estimate of drug-likeness (QED) is 0.523. The molecule has 0 saturated heterocycles. The van der Waals surface area contributed by atoms with Gasteiger partial charge < -0.3 is 5.32 Å². The Bertz CT molecular complexity index is 1060. The maximum atomic E-state index is 12.3. The van der Waals surface area contributed by atoms with Gasteiger partial charge in [0.1, 0.15) is 5.01 Å². The Morgan fingerprint density at radius 3 is 2.55 bits per heavy atom. The van der Waals surface area contributed by atoms with Gasteiger partial charge in [-0.3, -0.25) is 4.79 Å². The minimum absolute atomic E-state index is 0.118. The lowest BCUT2D eigenvalue weighted by atomic mass is 10.1. The zero-order chi connectivity index (χ0) is 20.9. The molecule has 1 aromatic carbocycles. The Morgan fingerprint density at radius 2 is 1.86 bits per heavy atom. The van der Waals surface area contributed by atoms with E-state index in [0.717, 1.165) is 21.1 Å². The molecule has 0 aliphatic carbocycles. The molecule has 154 valence electrons. The van der Waals surface area contributed by atoms with Crippen LogP contribution in [0.15, 0.2) is 47.2 Å². The molecule has 2 N–H and O–H groups in total. The molecule has 0 atom stereocenters. The second-order valence-corrected chi connectivity index (χ2v) is 10.4. The highest BCUT2D eigenvalue weighted by molar-refractivity contribution is 7.88. The summed E-state index contributed by atoms with van der Waals surface area (Å²) in [5.74, 6) is -0.265. The van der Waals surface area contributed by atoms with Gasteiger partial charge in [0, 0.05) is 18.0 Å². The molecule has 1 amide bonds. The minimum Gasteiger partial charge on any atom is -0.352 e. The smallest absolute Gasteiger partial charge is 0.226 e. The average molecular weight is 450 g/mol. The number of benzene rings is 1. The molecule has 29 heavy (non-hydrogen) atoms. The van der Waals surface area contributed by atoms with Crippen LogP contribution in [-0.2, 0) is 33.5 Å². The lowest BCUT2D eigenvalue weighted by molar-refractivity contribution is -0.120. The summed E-state index contributed by atoms with van der Waals surface area (Å²) in [7, 11) is -3.43. The molecule has 0 unspecified atom stereocenters. The second kappa shape index (κ2) is 9.62. The molecule has 0 spiro atoms. The fourth-order valence-corrected chi connectivity index (χ4v) is 5.93. The number of hydrogen-bond donors (Lipinski definition) is 2. The first kappa shape index (κ1) is 21.6. The Kier molecular flexibility index (Phi) is 7.18. The van der Waals surface area contributed by atoms with Gasteiger partial charge in [0.25, 0.3) is 0 Å². The Labute approximate surface area is 179 Å². The van der Waals surface area contributed by atoms with Crippen molar-refractivity contribution in [2.24, 2.45) is 0 Å². The van der Waals surface area contributed by atoms with Crippen LogP contribution in [0.25, 0.3) is 9.88 Å². The predicted octanol–water partition coefficient (Wildman–Crippen LogP) is 3.56. The van der Waals surface area contributed by atoms with Gasteiger partial charge in [-0.2, -0.15) is 0 Å². The summed E-state index contributed by atoms with van der Waals surface area (Å²) in [6.07, 6.45) is 0.192. The van der Waals surface area contributed by atoms with Crippen molar-refractivity contribution in [1.82, 2.24) is 15.0 Å². The first-order chi connectivity index (χ1) is 13.8. The largest absolute Gasteiger partial charge is 0.352 e. The van der Waals surface area contributed by atoms with E-state index in [1.165, 1.54) is 11.3 Å². The molecule has 3 rings (SSSR count). The molecule has 0 fully saturated rings. The first-order valence-electron chi connectivity index (χ1n) is 9.14. The highest BCUT2D eigenvalue weighted by Crippen LogP contribution is 2.27. The molecular weight excluding hydrogens is 426 g/mol. The molecule has 2 aromatic heterocycles. The van der Waals surface area contributed by atoms with E-state index in [1.807, 2.05) is 35.0 Å². The highest BCUT2D eigenvalue weighted by atomic mass is 32.2. The van der Waals surface area contributed by atoms with Crippen LogP contribution < -0.4 is 10.0 Å². The van der Waals surface area contributed by atoms with E-state index in [4.69, 9.17) is 0 Å². The van der Waals surface area contributed by atoms with E-state index in [1.54, 1.807) is 37.3 Å². The number of amides is 1. The van der Waals surface area contributed by atoms with Gasteiger partial charge in [0.05, 0.1) is 22.7 Å². The van der Waals surface area contributed by atoms with Gasteiger partial charge >= 0.3 is 0 Å². The van der Waals surface area contributed by atoms with Crippen LogP contribution >= 0.6 is 22.7 Å². The molecule has 0 radical (unpaired) electrons. The number of carbonyl (C=O) groups is 1. The number of nitrogens with one attached hydrogen (secondary N) is 2. The first-order valence-corrected chi connectivity index (χ1v) is 12.6. The van der Waals surface area contributed by atoms with Crippen LogP contribution in [0.5, 0.6) is 0 Å². The molecule has 0 aliphatic rings. The maximum Gasteiger partial charge on any atom is 0.226 e. The number of rotatable bonds is 9. The van der Waals surface area contributed by atoms with Gasteiger partial charge in [-0.05, 0) is 36.4 Å². The number of carbonyl (C=O) groups excluding carboxylic acids is 1. The Hall–Kier alpha value is -2.07. The standard InChI is InChI=1S/C20H23N3O3S3/c1-14(2)23-29(25,26)13-16-7-4-3-6-15(16)11-21-19(24)10-17-12-28-20(22-17)18-8-5-9-27-18/h3-9,12,14,23H,10-11,13H2,1-2H3,(H,21,24). The summed E-state index contributed by atoms with van der Waals surface area (Å²) in [6, 6.07) is 11.1. The van der Waals surface area contributed by atoms with Crippen LogP contribution in [0.4, 0.5) is 0 Å². The van der Waals surface area contributed by atoms with Gasteiger partial charge in [0.2, 0.25) is 15.9 Å². The van der Waals surface area contributed by atoms with Crippen LogP contribution in [0.2, 0.25) is 0 Å². The highest BCUT2D eigenvalue weighted by Gasteiger charge is 2.16. The van der Waals surface area contributed by atoms with Crippen LogP contribution in [0, 0.1) is 0 Å². The number of aromatic nitrogens is 1. The number of thiazole rings is 1. The third kappa shape index (κ3) is 6.46. The second-order valence-electron chi connectivity index (χ2n) is 6.88. The van der Waals surface area contributed by atoms with Crippen molar-refractivity contribution in [2.45, 2.75) is 38.6 Å². The summed E-state index contributed by atoms with van der Waals surface area (Å²) in [4.78, 5) is 18.0. The molecule has 0 aliphatic heterocycles. The van der Waals surface area contributed by atoms with E-state index < -0.39 is 10.0 Å². The zero-order valence-electron chi connectivity index (χ0n) is 16.2. The molecular formula is C20H23N3O3S3. The summed E-state index contributed by atoms with van der Waals surface area (Å²) in [6.45, 7) is 3.84.